The number of nitrogens with zero attached hydrogens (tertiary/aromatic N) is 2. The summed E-state index contributed by atoms with van der Waals surface area (Å²) in [6, 6.07) is 18.0. The van der Waals surface area contributed by atoms with Gasteiger partial charge in [-0.05, 0) is 52.3 Å². The topological polar surface area (TPSA) is 216 Å². The van der Waals surface area contributed by atoms with Crippen molar-refractivity contribution < 1.29 is 57.9 Å². The Labute approximate surface area is 307 Å². The van der Waals surface area contributed by atoms with E-state index in [0.29, 0.717) is 38.6 Å². The highest BCUT2D eigenvalue weighted by atomic mass is 79.9. The highest BCUT2D eigenvalue weighted by Gasteiger charge is 2.24. The van der Waals surface area contributed by atoms with E-state index in [4.69, 9.17) is 33.7 Å². The molecule has 0 saturated heterocycles. The van der Waals surface area contributed by atoms with Crippen LogP contribution in [0.25, 0.3) is 11.1 Å². The second-order valence-electron chi connectivity index (χ2n) is 9.38. The summed E-state index contributed by atoms with van der Waals surface area (Å²) in [5, 5.41) is 39.5. The van der Waals surface area contributed by atoms with Crippen molar-refractivity contribution in [3.05, 3.63) is 109 Å². The molecule has 0 bridgehead atoms. The fraction of sp³-hybridized carbons (Fsp3) is 0.188. The molecule has 0 radical (unpaired) electrons. The normalized spacial score (nSPS) is 9.59. The summed E-state index contributed by atoms with van der Waals surface area (Å²) in [5.74, 6) is 0.452. The van der Waals surface area contributed by atoms with Gasteiger partial charge in [0.15, 0.2) is 0 Å². The number of halogens is 1. The van der Waals surface area contributed by atoms with E-state index >= 15 is 0 Å². The first-order valence-electron chi connectivity index (χ1n) is 14.0. The van der Waals surface area contributed by atoms with Crippen LogP contribution in [0, 0.1) is 20.2 Å². The molecular formula is C32H34BBrN2O14S. The maximum absolute atomic E-state index is 12.1. The minimum Gasteiger partial charge on any atom is -0.497 e. The van der Waals surface area contributed by atoms with Crippen molar-refractivity contribution in [3.8, 4) is 34.1 Å². The first-order valence-corrected chi connectivity index (χ1v) is 14.8. The lowest BCUT2D eigenvalue weighted by Crippen LogP contribution is -2.32. The van der Waals surface area contributed by atoms with Crippen LogP contribution in [0.4, 0.5) is 11.4 Å². The third kappa shape index (κ3) is 11.3. The molecule has 0 amide bonds. The highest BCUT2D eigenvalue weighted by molar-refractivity contribution is 9.10. The van der Waals surface area contributed by atoms with Gasteiger partial charge in [-0.15, -0.1) is 0 Å². The van der Waals surface area contributed by atoms with Gasteiger partial charge in [0.05, 0.1) is 74.7 Å². The number of non-ortho nitro benzene ring substituents is 2. The molecule has 0 aromatic heterocycles. The standard InChI is InChI=1S/C16H15NO6.C8H11BO4.C8H6BrNO4.H2S/c1-21-13-5-4-6-14(22-2)15(13)11-8-7-10(17(19)20)9-12(11)16(18)23-3;1-12-6-4-3-5-7(13-2)8(6)9(10)11;1-14-8(11)6-4-5(10(12)13)2-3-7(6)9;/h4-9H,1-3H3;3-5,10-11H,1-2H3;2-4H,1H3;1H2. The molecule has 16 nitrogen and oxygen atoms in total. The number of esters is 2. The number of benzene rings is 4. The molecule has 4 rings (SSSR count). The number of ether oxygens (including phenoxy) is 6. The van der Waals surface area contributed by atoms with Crippen molar-refractivity contribution in [2.75, 3.05) is 42.7 Å². The lowest BCUT2D eigenvalue weighted by Gasteiger charge is -2.15. The number of carbonyl (C=O) groups excluding carboxylic acids is 2. The van der Waals surface area contributed by atoms with Gasteiger partial charge in [0.25, 0.3) is 11.4 Å². The first-order chi connectivity index (χ1) is 23.8. The lowest BCUT2D eigenvalue weighted by atomic mass is 9.78. The summed E-state index contributed by atoms with van der Waals surface area (Å²) in [6.45, 7) is 0. The van der Waals surface area contributed by atoms with Crippen LogP contribution in [-0.4, -0.2) is 81.6 Å². The smallest absolute Gasteiger partial charge is 0.496 e. The number of nitro benzene ring substituents is 2. The zero-order valence-corrected chi connectivity index (χ0v) is 30.7. The average Bonchev–Trinajstić information content (AvgIpc) is 3.13. The van der Waals surface area contributed by atoms with Crippen molar-refractivity contribution in [2.24, 2.45) is 0 Å². The molecule has 0 unspecified atom stereocenters. The van der Waals surface area contributed by atoms with E-state index in [1.165, 1.54) is 73.0 Å². The maximum Gasteiger partial charge on any atom is 0.496 e. The van der Waals surface area contributed by atoms with Crippen LogP contribution in [0.15, 0.2) is 77.3 Å². The van der Waals surface area contributed by atoms with Crippen LogP contribution >= 0.6 is 29.4 Å². The van der Waals surface area contributed by atoms with E-state index in [0.717, 1.165) is 6.07 Å². The molecule has 0 aliphatic carbocycles. The third-order valence-corrected chi connectivity index (χ3v) is 7.30. The second kappa shape index (κ2) is 21.0. The van der Waals surface area contributed by atoms with E-state index in [1.54, 1.807) is 36.4 Å². The van der Waals surface area contributed by atoms with Crippen LogP contribution in [0.3, 0.4) is 0 Å². The van der Waals surface area contributed by atoms with Crippen LogP contribution < -0.4 is 24.4 Å². The number of hydrogen-bond donors (Lipinski definition) is 2. The number of methoxy groups -OCH3 is 6. The molecule has 0 aliphatic rings. The SMILES string of the molecule is COC(=O)c1cc([N+](=O)[O-])ccc1-c1c(OC)cccc1OC.COC(=O)c1cc([N+](=O)[O-])ccc1Br.COc1cccc(OC)c1B(O)O.S. The molecular weight excluding hydrogens is 759 g/mol. The zero-order valence-electron chi connectivity index (χ0n) is 28.1. The van der Waals surface area contributed by atoms with Crippen molar-refractivity contribution >= 4 is 65.3 Å². The summed E-state index contributed by atoms with van der Waals surface area (Å²) in [5.41, 5.74) is 1.04. The number of rotatable bonds is 10. The fourth-order valence-corrected chi connectivity index (χ4v) is 4.70. The first kappa shape index (κ1) is 43.7. The molecule has 19 heteroatoms. The Hall–Kier alpha value is -5.37. The van der Waals surface area contributed by atoms with Crippen LogP contribution in [0.2, 0.25) is 0 Å². The number of nitro groups is 2. The highest BCUT2D eigenvalue weighted by Crippen LogP contribution is 2.41. The van der Waals surface area contributed by atoms with E-state index < -0.39 is 28.9 Å². The Balaban J connectivity index is 0.000000402. The van der Waals surface area contributed by atoms with Crippen molar-refractivity contribution in [1.29, 1.82) is 0 Å². The number of carbonyl (C=O) groups is 2. The van der Waals surface area contributed by atoms with Gasteiger partial charge in [-0.1, -0.05) is 12.1 Å². The molecule has 0 fully saturated rings. The van der Waals surface area contributed by atoms with Crippen molar-refractivity contribution in [1.82, 2.24) is 0 Å². The summed E-state index contributed by atoms with van der Waals surface area (Å²) in [6.07, 6.45) is 0. The molecule has 272 valence electrons. The molecule has 4 aromatic rings. The van der Waals surface area contributed by atoms with Gasteiger partial charge in [-0.25, -0.2) is 9.59 Å². The molecule has 0 saturated carbocycles. The third-order valence-electron chi connectivity index (χ3n) is 6.61. The minimum atomic E-state index is -1.59. The van der Waals surface area contributed by atoms with Gasteiger partial charge < -0.3 is 38.5 Å². The molecule has 51 heavy (non-hydrogen) atoms. The summed E-state index contributed by atoms with van der Waals surface area (Å²) >= 11 is 3.10. The summed E-state index contributed by atoms with van der Waals surface area (Å²) < 4.78 is 30.2. The van der Waals surface area contributed by atoms with Gasteiger partial charge in [0.2, 0.25) is 0 Å². The fourth-order valence-electron chi connectivity index (χ4n) is 4.29. The minimum absolute atomic E-state index is 0. The molecule has 0 atom stereocenters. The van der Waals surface area contributed by atoms with Crippen molar-refractivity contribution in [2.45, 2.75) is 0 Å². The van der Waals surface area contributed by atoms with Crippen LogP contribution in [0.1, 0.15) is 20.7 Å². The zero-order chi connectivity index (χ0) is 37.5. The van der Waals surface area contributed by atoms with Crippen LogP contribution in [0.5, 0.6) is 23.0 Å². The van der Waals surface area contributed by atoms with Gasteiger partial charge in [0.1, 0.15) is 23.0 Å². The predicted molar refractivity (Wildman–Crippen MR) is 195 cm³/mol. The van der Waals surface area contributed by atoms with E-state index in [1.807, 2.05) is 0 Å². The molecule has 0 heterocycles. The van der Waals surface area contributed by atoms with E-state index in [9.17, 15) is 29.8 Å². The monoisotopic (exact) mass is 792 g/mol. The Bertz CT molecular complexity index is 1800. The van der Waals surface area contributed by atoms with E-state index in [2.05, 4.69) is 20.7 Å². The summed E-state index contributed by atoms with van der Waals surface area (Å²) in [4.78, 5) is 43.4. The van der Waals surface area contributed by atoms with Crippen molar-refractivity contribution in [3.63, 3.8) is 0 Å². The maximum atomic E-state index is 12.1. The summed E-state index contributed by atoms with van der Waals surface area (Å²) in [7, 11) is 6.73. The molecule has 4 aromatic carbocycles. The predicted octanol–water partition coefficient (Wildman–Crippen LogP) is 4.71. The Kier molecular flexibility index (Phi) is 18.0. The molecule has 2 N–H and O–H groups in total. The molecule has 0 spiro atoms. The largest absolute Gasteiger partial charge is 0.497 e. The second-order valence-corrected chi connectivity index (χ2v) is 10.2. The Morgan fingerprint density at radius 1 is 0.647 bits per heavy atom. The lowest BCUT2D eigenvalue weighted by molar-refractivity contribution is -0.385. The van der Waals surface area contributed by atoms with Gasteiger partial charge >= 0.3 is 19.1 Å². The van der Waals surface area contributed by atoms with Gasteiger partial charge in [0, 0.05) is 34.3 Å². The van der Waals surface area contributed by atoms with Crippen LogP contribution in [-0.2, 0) is 9.47 Å². The van der Waals surface area contributed by atoms with Gasteiger partial charge in [-0.3, -0.25) is 20.2 Å². The van der Waals surface area contributed by atoms with E-state index in [-0.39, 0.29) is 41.5 Å². The quantitative estimate of drug-likeness (QED) is 0.0963. The van der Waals surface area contributed by atoms with Gasteiger partial charge in [-0.2, -0.15) is 13.5 Å². The number of hydrogen-bond acceptors (Lipinski definition) is 14. The molecule has 0 aliphatic heterocycles. The Morgan fingerprint density at radius 2 is 1.04 bits per heavy atom. The Morgan fingerprint density at radius 3 is 1.43 bits per heavy atom. The average molecular weight is 793 g/mol.